The summed E-state index contributed by atoms with van der Waals surface area (Å²) >= 11 is 0. The second-order valence-electron chi connectivity index (χ2n) is 7.49. The lowest BCUT2D eigenvalue weighted by Gasteiger charge is -2.32. The van der Waals surface area contributed by atoms with Gasteiger partial charge in [0.05, 0.1) is 6.07 Å². The Morgan fingerprint density at radius 1 is 1.25 bits per heavy atom. The average molecular weight is 392 g/mol. The Hall–Kier alpha value is -2.63. The lowest BCUT2D eigenvalue weighted by Crippen LogP contribution is -2.52. The molecule has 1 saturated heterocycles. The van der Waals surface area contributed by atoms with E-state index in [1.165, 1.54) is 6.92 Å². The molecule has 0 bridgehead atoms. The first-order chi connectivity index (χ1) is 13.2. The Morgan fingerprint density at radius 2 is 1.86 bits per heavy atom. The van der Waals surface area contributed by atoms with Gasteiger partial charge < -0.3 is 15.4 Å². The van der Waals surface area contributed by atoms with E-state index in [2.05, 4.69) is 16.7 Å². The number of rotatable bonds is 7. The molecule has 1 atom stereocenters. The summed E-state index contributed by atoms with van der Waals surface area (Å²) in [5.74, 6) is -1.89. The van der Waals surface area contributed by atoms with Crippen molar-refractivity contribution < 1.29 is 23.9 Å². The van der Waals surface area contributed by atoms with Gasteiger partial charge >= 0.3 is 12.0 Å². The molecule has 0 radical (unpaired) electrons. The zero-order valence-corrected chi connectivity index (χ0v) is 16.7. The van der Waals surface area contributed by atoms with Crippen molar-refractivity contribution in [2.45, 2.75) is 82.9 Å². The van der Waals surface area contributed by atoms with E-state index in [-0.39, 0.29) is 0 Å². The van der Waals surface area contributed by atoms with Gasteiger partial charge in [-0.2, -0.15) is 5.26 Å². The largest absolute Gasteiger partial charge is 0.451 e. The highest BCUT2D eigenvalue weighted by Gasteiger charge is 2.49. The Labute approximate surface area is 164 Å². The summed E-state index contributed by atoms with van der Waals surface area (Å²) in [5.41, 5.74) is -1.93. The summed E-state index contributed by atoms with van der Waals surface area (Å²) in [6.45, 7) is 4.40. The van der Waals surface area contributed by atoms with E-state index in [4.69, 9.17) is 4.74 Å². The third-order valence-electron chi connectivity index (χ3n) is 5.70. The van der Waals surface area contributed by atoms with Crippen LogP contribution in [-0.2, 0) is 19.1 Å². The Balaban J connectivity index is 1.93. The second kappa shape index (κ2) is 8.59. The maximum Gasteiger partial charge on any atom is 0.327 e. The highest BCUT2D eigenvalue weighted by Crippen LogP contribution is 2.28. The lowest BCUT2D eigenvalue weighted by atomic mass is 9.83. The van der Waals surface area contributed by atoms with Crippen LogP contribution in [0.3, 0.4) is 0 Å². The van der Waals surface area contributed by atoms with Gasteiger partial charge in [0.15, 0.2) is 6.10 Å². The zero-order chi connectivity index (χ0) is 20.9. The van der Waals surface area contributed by atoms with Gasteiger partial charge in [-0.1, -0.05) is 33.1 Å². The van der Waals surface area contributed by atoms with Crippen LogP contribution in [0.1, 0.15) is 65.7 Å². The molecule has 1 aliphatic heterocycles. The van der Waals surface area contributed by atoms with Gasteiger partial charge in [0.2, 0.25) is 0 Å². The first-order valence-corrected chi connectivity index (χ1v) is 9.79. The molecule has 2 fully saturated rings. The molecule has 0 aromatic rings. The van der Waals surface area contributed by atoms with Crippen molar-refractivity contribution in [2.24, 2.45) is 0 Å². The first kappa shape index (κ1) is 21.7. The first-order valence-electron chi connectivity index (χ1n) is 9.79. The number of nitrogens with one attached hydrogen (secondary N) is 2. The molecule has 2 aliphatic rings. The maximum absolute atomic E-state index is 12.5. The number of urea groups is 1. The van der Waals surface area contributed by atoms with Crippen LogP contribution >= 0.6 is 0 Å². The fourth-order valence-corrected chi connectivity index (χ4v) is 3.72. The topological polar surface area (TPSA) is 129 Å². The smallest absolute Gasteiger partial charge is 0.327 e. The molecular formula is C19H28N4O5. The minimum absolute atomic E-state index is 0.411. The number of carbonyl (C=O) groups excluding carboxylic acids is 4. The SMILES string of the molecule is CCC1(CC)NC(=O)N(CC(=O)O[C@@H](C)C(=O)NC2(C#N)CCCCC2)C1=O. The molecule has 9 heteroatoms. The maximum atomic E-state index is 12.5. The Morgan fingerprint density at radius 3 is 2.36 bits per heavy atom. The summed E-state index contributed by atoms with van der Waals surface area (Å²) < 4.78 is 5.10. The summed E-state index contributed by atoms with van der Waals surface area (Å²) in [6, 6.07) is 1.53. The minimum Gasteiger partial charge on any atom is -0.451 e. The molecule has 1 saturated carbocycles. The van der Waals surface area contributed by atoms with E-state index >= 15 is 0 Å². The van der Waals surface area contributed by atoms with Gasteiger partial charge in [0.1, 0.15) is 17.6 Å². The highest BCUT2D eigenvalue weighted by atomic mass is 16.5. The molecular weight excluding hydrogens is 364 g/mol. The highest BCUT2D eigenvalue weighted by molar-refractivity contribution is 6.08. The number of carbonyl (C=O) groups is 4. The molecule has 0 aromatic carbocycles. The molecule has 4 amide bonds. The van der Waals surface area contributed by atoms with Crippen molar-refractivity contribution in [3.8, 4) is 6.07 Å². The average Bonchev–Trinajstić information content (AvgIpc) is 2.93. The van der Waals surface area contributed by atoms with Crippen LogP contribution in [0.5, 0.6) is 0 Å². The number of hydrogen-bond acceptors (Lipinski definition) is 6. The number of esters is 1. The number of nitrogens with zero attached hydrogens (tertiary/aromatic N) is 2. The molecule has 154 valence electrons. The van der Waals surface area contributed by atoms with Crippen molar-refractivity contribution in [2.75, 3.05) is 6.54 Å². The molecule has 9 nitrogen and oxygen atoms in total. The van der Waals surface area contributed by atoms with E-state index in [1.54, 1.807) is 13.8 Å². The summed E-state index contributed by atoms with van der Waals surface area (Å²) in [4.78, 5) is 50.0. The van der Waals surface area contributed by atoms with Crippen molar-refractivity contribution >= 4 is 23.8 Å². The van der Waals surface area contributed by atoms with Crippen LogP contribution < -0.4 is 10.6 Å². The number of hydrogen-bond donors (Lipinski definition) is 2. The fraction of sp³-hybridized carbons (Fsp3) is 0.737. The summed E-state index contributed by atoms with van der Waals surface area (Å²) in [5, 5.41) is 14.8. The van der Waals surface area contributed by atoms with E-state index in [1.807, 2.05) is 0 Å². The fourth-order valence-electron chi connectivity index (χ4n) is 3.72. The van der Waals surface area contributed by atoms with Crippen LogP contribution in [0.15, 0.2) is 0 Å². The van der Waals surface area contributed by atoms with Crippen molar-refractivity contribution in [1.29, 1.82) is 5.26 Å². The van der Waals surface area contributed by atoms with Gasteiger partial charge in [0, 0.05) is 0 Å². The third kappa shape index (κ3) is 4.26. The molecule has 0 unspecified atom stereocenters. The number of ether oxygens (including phenoxy) is 1. The van der Waals surface area contributed by atoms with Crippen LogP contribution in [0.2, 0.25) is 0 Å². The van der Waals surface area contributed by atoms with Gasteiger partial charge in [-0.05, 0) is 32.6 Å². The third-order valence-corrected chi connectivity index (χ3v) is 5.70. The quantitative estimate of drug-likeness (QED) is 0.497. The number of imide groups is 1. The number of nitriles is 1. The van der Waals surface area contributed by atoms with Crippen LogP contribution in [0, 0.1) is 11.3 Å². The van der Waals surface area contributed by atoms with Crippen molar-refractivity contribution in [1.82, 2.24) is 15.5 Å². The van der Waals surface area contributed by atoms with Crippen molar-refractivity contribution in [3.05, 3.63) is 0 Å². The van der Waals surface area contributed by atoms with Crippen LogP contribution in [-0.4, -0.2) is 52.4 Å². The van der Waals surface area contributed by atoms with Gasteiger partial charge in [-0.3, -0.25) is 19.3 Å². The molecule has 0 spiro atoms. The lowest BCUT2D eigenvalue weighted by molar-refractivity contribution is -0.157. The summed E-state index contributed by atoms with van der Waals surface area (Å²) in [6.07, 6.45) is 3.54. The van der Waals surface area contributed by atoms with Crippen LogP contribution in [0.4, 0.5) is 4.79 Å². The standard InChI is InChI=1S/C19H28N4O5/c1-4-19(5-2)16(26)23(17(27)22-19)11-14(24)28-13(3)15(25)21-18(12-20)9-7-6-8-10-18/h13H,4-11H2,1-3H3,(H,21,25)(H,22,27)/t13-/m0/s1. The number of amides is 4. The second-order valence-corrected chi connectivity index (χ2v) is 7.49. The predicted octanol–water partition coefficient (Wildman–Crippen LogP) is 1.37. The van der Waals surface area contributed by atoms with Crippen LogP contribution in [0.25, 0.3) is 0 Å². The van der Waals surface area contributed by atoms with E-state index in [0.717, 1.165) is 24.2 Å². The summed E-state index contributed by atoms with van der Waals surface area (Å²) in [7, 11) is 0. The van der Waals surface area contributed by atoms with Crippen molar-refractivity contribution in [3.63, 3.8) is 0 Å². The predicted molar refractivity (Wildman–Crippen MR) is 98.7 cm³/mol. The van der Waals surface area contributed by atoms with Gasteiger partial charge in [0.25, 0.3) is 11.8 Å². The Kier molecular flexibility index (Phi) is 6.65. The van der Waals surface area contributed by atoms with E-state index in [9.17, 15) is 24.4 Å². The normalized spacial score (nSPS) is 21.4. The Bertz CT molecular complexity index is 689. The molecule has 1 heterocycles. The molecule has 0 aromatic heterocycles. The van der Waals surface area contributed by atoms with E-state index < -0.39 is 47.5 Å². The van der Waals surface area contributed by atoms with Gasteiger partial charge in [-0.25, -0.2) is 4.79 Å². The molecule has 2 rings (SSSR count). The molecule has 2 N–H and O–H groups in total. The minimum atomic E-state index is -1.14. The molecule has 28 heavy (non-hydrogen) atoms. The van der Waals surface area contributed by atoms with E-state index in [0.29, 0.717) is 25.7 Å². The zero-order valence-electron chi connectivity index (χ0n) is 16.7. The van der Waals surface area contributed by atoms with Gasteiger partial charge in [-0.15, -0.1) is 0 Å². The monoisotopic (exact) mass is 392 g/mol. The molecule has 1 aliphatic carbocycles.